The van der Waals surface area contributed by atoms with E-state index in [-0.39, 0.29) is 21.3 Å². The summed E-state index contributed by atoms with van der Waals surface area (Å²) in [5.74, 6) is -0.429. The summed E-state index contributed by atoms with van der Waals surface area (Å²) in [6.07, 6.45) is 10.0. The Hall–Kier alpha value is -3.81. The molecule has 0 saturated carbocycles. The summed E-state index contributed by atoms with van der Waals surface area (Å²) in [6.45, 7) is 0. The van der Waals surface area contributed by atoms with Crippen molar-refractivity contribution < 1.29 is 13.7 Å². The van der Waals surface area contributed by atoms with Gasteiger partial charge in [-0.25, -0.2) is 14.4 Å². The zero-order valence-electron chi connectivity index (χ0n) is 16.8. The molecular formula is C19H13ClFN9O2S. The van der Waals surface area contributed by atoms with Gasteiger partial charge in [-0.3, -0.25) is 9.20 Å². The van der Waals surface area contributed by atoms with Crippen LogP contribution in [0.2, 0.25) is 5.02 Å². The summed E-state index contributed by atoms with van der Waals surface area (Å²) in [7, 11) is 0. The maximum atomic E-state index is 14.0. The number of fused-ring (bicyclic) bond motifs is 1. The summed E-state index contributed by atoms with van der Waals surface area (Å²) in [5.41, 5.74) is 0.456. The van der Waals surface area contributed by atoms with Gasteiger partial charge in [-0.1, -0.05) is 11.6 Å². The van der Waals surface area contributed by atoms with E-state index in [9.17, 15) is 13.7 Å². The molecule has 1 amide bonds. The number of imidazole rings is 1. The van der Waals surface area contributed by atoms with Gasteiger partial charge in [-0.05, 0) is 18.2 Å². The van der Waals surface area contributed by atoms with Crippen molar-refractivity contribution in [3.05, 3.63) is 71.8 Å². The molecule has 0 saturated heterocycles. The van der Waals surface area contributed by atoms with Crippen molar-refractivity contribution in [3.8, 4) is 11.6 Å². The normalized spacial score (nSPS) is 12.2. The smallest absolute Gasteiger partial charge is 0.264 e. The minimum Gasteiger partial charge on any atom is -0.610 e. The van der Waals surface area contributed by atoms with Crippen LogP contribution in [0.3, 0.4) is 0 Å². The van der Waals surface area contributed by atoms with Crippen molar-refractivity contribution in [2.75, 3.05) is 11.6 Å². The Bertz CT molecular complexity index is 1480. The second kappa shape index (κ2) is 8.27. The molecule has 1 atom stereocenters. The first kappa shape index (κ1) is 21.1. The van der Waals surface area contributed by atoms with Crippen LogP contribution in [0.15, 0.2) is 60.4 Å². The Morgan fingerprint density at radius 1 is 1.15 bits per heavy atom. The molecule has 0 bridgehead atoms. The summed E-state index contributed by atoms with van der Waals surface area (Å²) in [6, 6.07) is 4.18. The van der Waals surface area contributed by atoms with Gasteiger partial charge < -0.3 is 9.87 Å². The SMILES string of the molecule is C[S+]([O-])c1c(C(=O)Nc2cnc(-n3nccn3)c(Cl)c2)cnn1-c1ccc(F)c2nccn12. The van der Waals surface area contributed by atoms with Crippen molar-refractivity contribution >= 4 is 40.0 Å². The number of hydrogen-bond acceptors (Lipinski definition) is 7. The van der Waals surface area contributed by atoms with E-state index in [0.717, 1.165) is 0 Å². The molecule has 11 nitrogen and oxygen atoms in total. The molecule has 14 heteroatoms. The Morgan fingerprint density at radius 3 is 2.67 bits per heavy atom. The zero-order valence-corrected chi connectivity index (χ0v) is 18.3. The number of aromatic nitrogens is 8. The van der Waals surface area contributed by atoms with Crippen LogP contribution in [0.1, 0.15) is 10.4 Å². The van der Waals surface area contributed by atoms with Crippen LogP contribution < -0.4 is 5.32 Å². The van der Waals surface area contributed by atoms with E-state index in [1.807, 2.05) is 0 Å². The van der Waals surface area contributed by atoms with E-state index in [0.29, 0.717) is 17.3 Å². The number of anilines is 1. The van der Waals surface area contributed by atoms with E-state index < -0.39 is 22.9 Å². The van der Waals surface area contributed by atoms with Crippen molar-refractivity contribution in [2.45, 2.75) is 5.03 Å². The molecule has 0 aliphatic heterocycles. The largest absolute Gasteiger partial charge is 0.610 e. The first-order chi connectivity index (χ1) is 15.9. The second-order valence-electron chi connectivity index (χ2n) is 6.69. The molecule has 5 aromatic heterocycles. The highest BCUT2D eigenvalue weighted by atomic mass is 35.5. The number of nitrogens with one attached hydrogen (secondary N) is 1. The number of rotatable bonds is 5. The molecular weight excluding hydrogens is 473 g/mol. The number of nitrogens with zero attached hydrogens (tertiary/aromatic N) is 8. The number of hydrogen-bond donors (Lipinski definition) is 1. The number of halogens is 2. The fraction of sp³-hybridized carbons (Fsp3) is 0.0526. The molecule has 33 heavy (non-hydrogen) atoms. The number of carbonyl (C=O) groups excluding carboxylic acids is 1. The highest BCUT2D eigenvalue weighted by molar-refractivity contribution is 7.90. The number of amides is 1. The molecule has 1 unspecified atom stereocenters. The molecule has 0 aliphatic rings. The Labute approximate surface area is 193 Å². The zero-order chi connectivity index (χ0) is 23.1. The minimum absolute atomic E-state index is 0.0716. The van der Waals surface area contributed by atoms with E-state index >= 15 is 0 Å². The number of pyridine rings is 2. The maximum absolute atomic E-state index is 14.0. The van der Waals surface area contributed by atoms with Crippen molar-refractivity contribution in [2.24, 2.45) is 0 Å². The van der Waals surface area contributed by atoms with E-state index in [4.69, 9.17) is 11.6 Å². The van der Waals surface area contributed by atoms with Gasteiger partial charge >= 0.3 is 0 Å². The fourth-order valence-corrected chi connectivity index (χ4v) is 4.32. The molecule has 5 aromatic rings. The lowest BCUT2D eigenvalue weighted by Crippen LogP contribution is -2.18. The van der Waals surface area contributed by atoms with Gasteiger partial charge in [-0.2, -0.15) is 20.0 Å². The lowest BCUT2D eigenvalue weighted by molar-refractivity contribution is 0.102. The highest BCUT2D eigenvalue weighted by Crippen LogP contribution is 2.25. The first-order valence-corrected chi connectivity index (χ1v) is 11.2. The van der Waals surface area contributed by atoms with Crippen molar-refractivity contribution in [1.29, 1.82) is 0 Å². The molecule has 0 aromatic carbocycles. The van der Waals surface area contributed by atoms with Gasteiger partial charge in [0, 0.05) is 23.6 Å². The van der Waals surface area contributed by atoms with Crippen molar-refractivity contribution in [3.63, 3.8) is 0 Å². The third-order valence-corrected chi connectivity index (χ3v) is 5.84. The van der Waals surface area contributed by atoms with Crippen LogP contribution in [0.4, 0.5) is 10.1 Å². The monoisotopic (exact) mass is 485 g/mol. The predicted octanol–water partition coefficient (Wildman–Crippen LogP) is 2.28. The lowest BCUT2D eigenvalue weighted by atomic mass is 10.3. The van der Waals surface area contributed by atoms with E-state index in [2.05, 4.69) is 30.6 Å². The molecule has 0 spiro atoms. The van der Waals surface area contributed by atoms with Crippen LogP contribution in [0.25, 0.3) is 17.3 Å². The second-order valence-corrected chi connectivity index (χ2v) is 8.39. The molecule has 1 N–H and O–H groups in total. The van der Waals surface area contributed by atoms with Gasteiger partial charge in [0.2, 0.25) is 0 Å². The average Bonchev–Trinajstić information content (AvgIpc) is 3.54. The van der Waals surface area contributed by atoms with Crippen LogP contribution in [-0.4, -0.2) is 55.9 Å². The molecule has 5 heterocycles. The Balaban J connectivity index is 1.49. The van der Waals surface area contributed by atoms with Crippen LogP contribution >= 0.6 is 11.6 Å². The number of carbonyl (C=O) groups is 1. The molecule has 0 aliphatic carbocycles. The van der Waals surface area contributed by atoms with E-state index in [1.165, 1.54) is 69.3 Å². The highest BCUT2D eigenvalue weighted by Gasteiger charge is 2.27. The van der Waals surface area contributed by atoms with Crippen LogP contribution in [0, 0.1) is 5.82 Å². The van der Waals surface area contributed by atoms with Gasteiger partial charge in [0.05, 0.1) is 35.5 Å². The predicted molar refractivity (Wildman–Crippen MR) is 117 cm³/mol. The maximum Gasteiger partial charge on any atom is 0.264 e. The summed E-state index contributed by atoms with van der Waals surface area (Å²) >= 11 is 4.64. The summed E-state index contributed by atoms with van der Waals surface area (Å²) in [5, 5.41) is 15.2. The Morgan fingerprint density at radius 2 is 1.94 bits per heavy atom. The third-order valence-electron chi connectivity index (χ3n) is 4.63. The minimum atomic E-state index is -1.61. The van der Waals surface area contributed by atoms with Gasteiger partial charge in [0.1, 0.15) is 17.6 Å². The quantitative estimate of drug-likeness (QED) is 0.378. The van der Waals surface area contributed by atoms with Gasteiger partial charge in [0.15, 0.2) is 17.3 Å². The Kier molecular flexibility index (Phi) is 5.28. The summed E-state index contributed by atoms with van der Waals surface area (Å²) < 4.78 is 29.4. The third kappa shape index (κ3) is 3.71. The first-order valence-electron chi connectivity index (χ1n) is 9.31. The molecule has 5 rings (SSSR count). The average molecular weight is 486 g/mol. The summed E-state index contributed by atoms with van der Waals surface area (Å²) in [4.78, 5) is 22.4. The van der Waals surface area contributed by atoms with Gasteiger partial charge in [-0.15, -0.1) is 4.80 Å². The standard InChI is InChI=1S/C19H13ClFN9O2S/c1-33(32)19-12(10-26-29(19)15-3-2-14(21)17-22-6-7-28(15)17)18(31)27-11-8-13(20)16(23-9-11)30-24-4-5-25-30/h2-10H,1H3,(H,27,31). The lowest BCUT2D eigenvalue weighted by Gasteiger charge is -2.12. The molecule has 166 valence electrons. The fourth-order valence-electron chi connectivity index (χ4n) is 3.24. The van der Waals surface area contributed by atoms with Crippen LogP contribution in [-0.2, 0) is 11.2 Å². The van der Waals surface area contributed by atoms with Gasteiger partial charge in [0.25, 0.3) is 10.9 Å². The molecule has 0 radical (unpaired) electrons. The van der Waals surface area contributed by atoms with E-state index in [1.54, 1.807) is 6.20 Å². The molecule has 0 fully saturated rings. The topological polar surface area (TPSA) is 131 Å². The van der Waals surface area contributed by atoms with Crippen LogP contribution in [0.5, 0.6) is 0 Å². The van der Waals surface area contributed by atoms with Crippen molar-refractivity contribution in [1.82, 2.24) is 39.1 Å².